The van der Waals surface area contributed by atoms with Gasteiger partial charge >= 0.3 is 5.97 Å². The number of carbonyl (C=O) groups is 2. The van der Waals surface area contributed by atoms with Crippen LogP contribution in [-0.4, -0.2) is 35.6 Å². The number of carboxylic acids is 1. The summed E-state index contributed by atoms with van der Waals surface area (Å²) in [5, 5.41) is 13.7. The SMILES string of the molecule is CNC(C)(C)C(=O)N[C@H](C)C(=O)O. The monoisotopic (exact) mass is 188 g/mol. The van der Waals surface area contributed by atoms with Crippen LogP contribution in [0.3, 0.4) is 0 Å². The normalized spacial score (nSPS) is 13.5. The summed E-state index contributed by atoms with van der Waals surface area (Å²) < 4.78 is 0. The Balaban J connectivity index is 4.23. The van der Waals surface area contributed by atoms with E-state index in [9.17, 15) is 9.59 Å². The number of carbonyl (C=O) groups excluding carboxylic acids is 1. The van der Waals surface area contributed by atoms with Crippen LogP contribution < -0.4 is 10.6 Å². The number of nitrogens with one attached hydrogen (secondary N) is 2. The third-order valence-corrected chi connectivity index (χ3v) is 1.91. The predicted octanol–water partition coefficient (Wildman–Crippen LogP) is -0.426. The molecule has 0 bridgehead atoms. The molecular weight excluding hydrogens is 172 g/mol. The Labute approximate surface area is 77.5 Å². The Kier molecular flexibility index (Phi) is 3.87. The van der Waals surface area contributed by atoms with Gasteiger partial charge in [0.05, 0.1) is 5.54 Å². The van der Waals surface area contributed by atoms with Crippen LogP contribution in [0.4, 0.5) is 0 Å². The summed E-state index contributed by atoms with van der Waals surface area (Å²) in [5.74, 6) is -1.37. The molecule has 3 N–H and O–H groups in total. The summed E-state index contributed by atoms with van der Waals surface area (Å²) in [7, 11) is 1.64. The third kappa shape index (κ3) is 3.42. The average molecular weight is 188 g/mol. The van der Waals surface area contributed by atoms with Crippen LogP contribution in [0.5, 0.6) is 0 Å². The zero-order valence-corrected chi connectivity index (χ0v) is 8.34. The second-order valence-corrected chi connectivity index (χ2v) is 3.41. The Morgan fingerprint density at radius 1 is 1.38 bits per heavy atom. The quantitative estimate of drug-likeness (QED) is 0.559. The molecule has 0 aliphatic rings. The van der Waals surface area contributed by atoms with E-state index in [4.69, 9.17) is 5.11 Å². The highest BCUT2D eigenvalue weighted by Crippen LogP contribution is 2.00. The highest BCUT2D eigenvalue weighted by Gasteiger charge is 2.27. The summed E-state index contributed by atoms with van der Waals surface area (Å²) in [6.45, 7) is 4.78. The molecule has 0 unspecified atom stereocenters. The number of likely N-dealkylation sites (N-methyl/N-ethyl adjacent to an activating group) is 1. The minimum atomic E-state index is -1.04. The van der Waals surface area contributed by atoms with E-state index >= 15 is 0 Å². The number of aliphatic carboxylic acids is 1. The molecule has 76 valence electrons. The van der Waals surface area contributed by atoms with Crippen LogP contribution in [0.25, 0.3) is 0 Å². The first-order valence-corrected chi connectivity index (χ1v) is 4.04. The molecule has 13 heavy (non-hydrogen) atoms. The van der Waals surface area contributed by atoms with Gasteiger partial charge in [0, 0.05) is 0 Å². The largest absolute Gasteiger partial charge is 0.480 e. The molecule has 0 saturated heterocycles. The molecule has 0 aliphatic carbocycles. The van der Waals surface area contributed by atoms with Gasteiger partial charge in [0.25, 0.3) is 0 Å². The summed E-state index contributed by atoms with van der Waals surface area (Å²) in [5.41, 5.74) is -0.746. The van der Waals surface area contributed by atoms with E-state index in [2.05, 4.69) is 10.6 Å². The smallest absolute Gasteiger partial charge is 0.325 e. The van der Waals surface area contributed by atoms with Crippen molar-refractivity contribution in [3.8, 4) is 0 Å². The van der Waals surface area contributed by atoms with E-state index < -0.39 is 17.6 Å². The van der Waals surface area contributed by atoms with Crippen molar-refractivity contribution in [2.45, 2.75) is 32.4 Å². The summed E-state index contributed by atoms with van der Waals surface area (Å²) >= 11 is 0. The molecule has 0 aliphatic heterocycles. The molecule has 1 amide bonds. The predicted molar refractivity (Wildman–Crippen MR) is 48.4 cm³/mol. The van der Waals surface area contributed by atoms with E-state index in [-0.39, 0.29) is 5.91 Å². The molecule has 1 atom stereocenters. The highest BCUT2D eigenvalue weighted by atomic mass is 16.4. The molecule has 0 fully saturated rings. The molecule has 0 spiro atoms. The first kappa shape index (κ1) is 11.9. The Bertz CT molecular complexity index is 213. The lowest BCUT2D eigenvalue weighted by atomic mass is 10.0. The second-order valence-electron chi connectivity index (χ2n) is 3.41. The molecule has 5 heteroatoms. The number of amides is 1. The first-order chi connectivity index (χ1) is 5.81. The zero-order valence-electron chi connectivity index (χ0n) is 8.34. The van der Waals surface area contributed by atoms with Gasteiger partial charge in [0.2, 0.25) is 5.91 Å². The van der Waals surface area contributed by atoms with Crippen molar-refractivity contribution < 1.29 is 14.7 Å². The topological polar surface area (TPSA) is 78.4 Å². The third-order valence-electron chi connectivity index (χ3n) is 1.91. The van der Waals surface area contributed by atoms with Crippen LogP contribution in [0.1, 0.15) is 20.8 Å². The van der Waals surface area contributed by atoms with E-state index in [1.165, 1.54) is 6.92 Å². The highest BCUT2D eigenvalue weighted by molar-refractivity contribution is 5.89. The van der Waals surface area contributed by atoms with Gasteiger partial charge in [-0.25, -0.2) is 0 Å². The van der Waals surface area contributed by atoms with Crippen LogP contribution in [-0.2, 0) is 9.59 Å². The van der Waals surface area contributed by atoms with Crippen molar-refractivity contribution in [2.75, 3.05) is 7.05 Å². The standard InChI is InChI=1S/C8H16N2O3/c1-5(6(11)12)10-7(13)8(2,3)9-4/h5,9H,1-4H3,(H,10,13)(H,11,12)/t5-/m1/s1. The molecule has 0 heterocycles. The van der Waals surface area contributed by atoms with Crippen LogP contribution in [0.2, 0.25) is 0 Å². The maximum atomic E-state index is 11.4. The van der Waals surface area contributed by atoms with Gasteiger partial charge in [-0.1, -0.05) is 0 Å². The molecular formula is C8H16N2O3. The molecule has 5 nitrogen and oxygen atoms in total. The molecule has 0 radical (unpaired) electrons. The summed E-state index contributed by atoms with van der Waals surface area (Å²) in [4.78, 5) is 21.8. The molecule has 0 rings (SSSR count). The van der Waals surface area contributed by atoms with Gasteiger partial charge in [0.15, 0.2) is 0 Å². The van der Waals surface area contributed by atoms with Crippen LogP contribution in [0.15, 0.2) is 0 Å². The molecule has 0 aromatic heterocycles. The minimum absolute atomic E-state index is 0.329. The van der Waals surface area contributed by atoms with E-state index in [1.807, 2.05) is 0 Å². The zero-order chi connectivity index (χ0) is 10.6. The average Bonchev–Trinajstić information content (AvgIpc) is 2.04. The van der Waals surface area contributed by atoms with Crippen molar-refractivity contribution in [2.24, 2.45) is 0 Å². The summed E-state index contributed by atoms with van der Waals surface area (Å²) in [6.07, 6.45) is 0. The van der Waals surface area contributed by atoms with Crippen LogP contribution >= 0.6 is 0 Å². The van der Waals surface area contributed by atoms with Crippen molar-refractivity contribution in [1.82, 2.24) is 10.6 Å². The maximum absolute atomic E-state index is 11.4. The van der Waals surface area contributed by atoms with Gasteiger partial charge in [-0.2, -0.15) is 0 Å². The Morgan fingerprint density at radius 2 is 1.85 bits per heavy atom. The first-order valence-electron chi connectivity index (χ1n) is 4.04. The lowest BCUT2D eigenvalue weighted by Gasteiger charge is -2.23. The van der Waals surface area contributed by atoms with Gasteiger partial charge in [-0.05, 0) is 27.8 Å². The Hall–Kier alpha value is -1.10. The number of rotatable bonds is 4. The number of carboxylic acid groups (broad SMARTS) is 1. The van der Waals surface area contributed by atoms with Crippen molar-refractivity contribution in [3.63, 3.8) is 0 Å². The lowest BCUT2D eigenvalue weighted by Crippen LogP contribution is -2.54. The van der Waals surface area contributed by atoms with Crippen molar-refractivity contribution >= 4 is 11.9 Å². The lowest BCUT2D eigenvalue weighted by molar-refractivity contribution is -0.142. The summed E-state index contributed by atoms with van der Waals surface area (Å²) in [6, 6.07) is -0.861. The minimum Gasteiger partial charge on any atom is -0.480 e. The van der Waals surface area contributed by atoms with E-state index in [1.54, 1.807) is 20.9 Å². The molecule has 0 aromatic rings. The van der Waals surface area contributed by atoms with Crippen molar-refractivity contribution in [1.29, 1.82) is 0 Å². The van der Waals surface area contributed by atoms with Gasteiger partial charge in [-0.15, -0.1) is 0 Å². The van der Waals surface area contributed by atoms with E-state index in [0.29, 0.717) is 0 Å². The van der Waals surface area contributed by atoms with Gasteiger partial charge in [0.1, 0.15) is 6.04 Å². The molecule has 0 aromatic carbocycles. The number of hydrogen-bond acceptors (Lipinski definition) is 3. The fourth-order valence-electron chi connectivity index (χ4n) is 0.552. The fraction of sp³-hybridized carbons (Fsp3) is 0.750. The van der Waals surface area contributed by atoms with Gasteiger partial charge < -0.3 is 15.7 Å². The fourth-order valence-corrected chi connectivity index (χ4v) is 0.552. The van der Waals surface area contributed by atoms with E-state index in [0.717, 1.165) is 0 Å². The second kappa shape index (κ2) is 4.23. The van der Waals surface area contributed by atoms with Crippen molar-refractivity contribution in [3.05, 3.63) is 0 Å². The van der Waals surface area contributed by atoms with Gasteiger partial charge in [-0.3, -0.25) is 9.59 Å². The van der Waals surface area contributed by atoms with Crippen LogP contribution in [0, 0.1) is 0 Å². The molecule has 0 saturated carbocycles. The Morgan fingerprint density at radius 3 is 2.15 bits per heavy atom. The number of hydrogen-bond donors (Lipinski definition) is 3. The maximum Gasteiger partial charge on any atom is 0.325 e.